The molecule has 1 aromatic carbocycles. The van der Waals surface area contributed by atoms with E-state index in [1.54, 1.807) is 31.2 Å². The van der Waals surface area contributed by atoms with E-state index in [1.165, 1.54) is 0 Å². The van der Waals surface area contributed by atoms with Crippen molar-refractivity contribution in [3.8, 4) is 0 Å². The third-order valence-corrected chi connectivity index (χ3v) is 2.48. The first-order valence-corrected chi connectivity index (χ1v) is 5.90. The van der Waals surface area contributed by atoms with Crippen molar-refractivity contribution in [3.63, 3.8) is 0 Å². The first-order valence-electron chi connectivity index (χ1n) is 5.90. The molecule has 0 bridgehead atoms. The summed E-state index contributed by atoms with van der Waals surface area (Å²) in [5.41, 5.74) is 1.60. The fraction of sp³-hybridized carbons (Fsp3) is 0.429. The number of hydrogen-bond acceptors (Lipinski definition) is 4. The Bertz CT molecular complexity index is 441. The number of carbonyl (C=O) groups is 1. The van der Waals surface area contributed by atoms with Gasteiger partial charge in [-0.1, -0.05) is 38.1 Å². The molecule has 0 saturated heterocycles. The first-order chi connectivity index (χ1) is 8.40. The summed E-state index contributed by atoms with van der Waals surface area (Å²) >= 11 is 0. The van der Waals surface area contributed by atoms with Gasteiger partial charge >= 0.3 is 5.97 Å². The van der Waals surface area contributed by atoms with Gasteiger partial charge in [0.25, 0.3) is 0 Å². The van der Waals surface area contributed by atoms with Crippen molar-refractivity contribution in [3.05, 3.63) is 35.4 Å². The SMILES string of the molecule is CCOC(=O)c1ccc(/C(=N\O)C(C)(C)C)cc1. The largest absolute Gasteiger partial charge is 0.462 e. The van der Waals surface area contributed by atoms with Crippen molar-refractivity contribution in [1.82, 2.24) is 0 Å². The van der Waals surface area contributed by atoms with Crippen molar-refractivity contribution < 1.29 is 14.7 Å². The van der Waals surface area contributed by atoms with Gasteiger partial charge in [-0.15, -0.1) is 0 Å². The Morgan fingerprint density at radius 3 is 2.11 bits per heavy atom. The molecule has 0 aliphatic carbocycles. The van der Waals surface area contributed by atoms with E-state index in [9.17, 15) is 4.79 Å². The molecule has 0 saturated carbocycles. The van der Waals surface area contributed by atoms with Crippen LogP contribution < -0.4 is 0 Å². The predicted molar refractivity (Wildman–Crippen MR) is 70.2 cm³/mol. The van der Waals surface area contributed by atoms with Crippen LogP contribution in [0.2, 0.25) is 0 Å². The molecule has 0 radical (unpaired) electrons. The highest BCUT2D eigenvalue weighted by atomic mass is 16.5. The lowest BCUT2D eigenvalue weighted by Gasteiger charge is -2.20. The van der Waals surface area contributed by atoms with E-state index in [-0.39, 0.29) is 11.4 Å². The van der Waals surface area contributed by atoms with Crippen LogP contribution in [-0.2, 0) is 4.74 Å². The zero-order chi connectivity index (χ0) is 13.8. The number of esters is 1. The number of ether oxygens (including phenoxy) is 1. The first kappa shape index (κ1) is 14.2. The minimum atomic E-state index is -0.345. The van der Waals surface area contributed by atoms with Gasteiger partial charge in [0.15, 0.2) is 0 Å². The fourth-order valence-electron chi connectivity index (χ4n) is 1.62. The van der Waals surface area contributed by atoms with Crippen LogP contribution in [0.1, 0.15) is 43.6 Å². The van der Waals surface area contributed by atoms with Gasteiger partial charge in [0.2, 0.25) is 0 Å². The van der Waals surface area contributed by atoms with Gasteiger partial charge in [-0.05, 0) is 24.6 Å². The summed E-state index contributed by atoms with van der Waals surface area (Å²) in [5.74, 6) is -0.345. The van der Waals surface area contributed by atoms with Crippen LogP contribution in [0, 0.1) is 5.41 Å². The van der Waals surface area contributed by atoms with Crippen LogP contribution >= 0.6 is 0 Å². The second kappa shape index (κ2) is 5.67. The van der Waals surface area contributed by atoms with Crippen molar-refractivity contribution in [2.24, 2.45) is 10.6 Å². The van der Waals surface area contributed by atoms with Crippen LogP contribution in [0.25, 0.3) is 0 Å². The topological polar surface area (TPSA) is 58.9 Å². The maximum Gasteiger partial charge on any atom is 0.338 e. The summed E-state index contributed by atoms with van der Waals surface area (Å²) in [4.78, 5) is 11.5. The molecule has 4 nitrogen and oxygen atoms in total. The van der Waals surface area contributed by atoms with Crippen molar-refractivity contribution in [2.75, 3.05) is 6.61 Å². The molecule has 0 aliphatic heterocycles. The third-order valence-electron chi connectivity index (χ3n) is 2.48. The Morgan fingerprint density at radius 2 is 1.72 bits per heavy atom. The van der Waals surface area contributed by atoms with Gasteiger partial charge in [-0.25, -0.2) is 4.79 Å². The van der Waals surface area contributed by atoms with E-state index in [4.69, 9.17) is 9.94 Å². The van der Waals surface area contributed by atoms with E-state index < -0.39 is 0 Å². The highest BCUT2D eigenvalue weighted by molar-refractivity contribution is 6.04. The lowest BCUT2D eigenvalue weighted by atomic mass is 9.85. The van der Waals surface area contributed by atoms with Crippen molar-refractivity contribution >= 4 is 11.7 Å². The normalized spacial score (nSPS) is 12.3. The molecule has 98 valence electrons. The Morgan fingerprint density at radius 1 is 1.22 bits per heavy atom. The number of carbonyl (C=O) groups excluding carboxylic acids is 1. The van der Waals surface area contributed by atoms with E-state index in [0.29, 0.717) is 17.9 Å². The van der Waals surface area contributed by atoms with E-state index in [1.807, 2.05) is 20.8 Å². The predicted octanol–water partition coefficient (Wildman–Crippen LogP) is 3.09. The van der Waals surface area contributed by atoms with Gasteiger partial charge in [0.05, 0.1) is 17.9 Å². The van der Waals surface area contributed by atoms with Gasteiger partial charge < -0.3 is 9.94 Å². The Balaban J connectivity index is 2.99. The minimum absolute atomic E-state index is 0.264. The summed E-state index contributed by atoms with van der Waals surface area (Å²) in [6.07, 6.45) is 0. The molecule has 18 heavy (non-hydrogen) atoms. The lowest BCUT2D eigenvalue weighted by molar-refractivity contribution is 0.0526. The summed E-state index contributed by atoms with van der Waals surface area (Å²) in [7, 11) is 0. The van der Waals surface area contributed by atoms with Crippen LogP contribution in [0.5, 0.6) is 0 Å². The third kappa shape index (κ3) is 3.32. The van der Waals surface area contributed by atoms with Gasteiger partial charge in [0, 0.05) is 5.41 Å². The molecule has 0 unspecified atom stereocenters. The molecule has 4 heteroatoms. The quantitative estimate of drug-likeness (QED) is 0.387. The summed E-state index contributed by atoms with van der Waals surface area (Å²) in [5, 5.41) is 12.4. The van der Waals surface area contributed by atoms with Gasteiger partial charge in [0.1, 0.15) is 0 Å². The Kier molecular flexibility index (Phi) is 4.48. The molecule has 0 spiro atoms. The van der Waals surface area contributed by atoms with Crippen LogP contribution in [-0.4, -0.2) is 23.5 Å². The van der Waals surface area contributed by atoms with Crippen molar-refractivity contribution in [2.45, 2.75) is 27.7 Å². The molecular weight excluding hydrogens is 230 g/mol. The molecule has 1 aromatic rings. The molecule has 0 amide bonds. The zero-order valence-corrected chi connectivity index (χ0v) is 11.2. The molecule has 0 fully saturated rings. The zero-order valence-electron chi connectivity index (χ0n) is 11.2. The number of benzene rings is 1. The fourth-order valence-corrected chi connectivity index (χ4v) is 1.62. The molecular formula is C14H19NO3. The average Bonchev–Trinajstić information content (AvgIpc) is 2.29. The van der Waals surface area contributed by atoms with Crippen LogP contribution in [0.3, 0.4) is 0 Å². The Labute approximate surface area is 107 Å². The molecule has 1 N–H and O–H groups in total. The summed E-state index contributed by atoms with van der Waals surface area (Å²) in [6.45, 7) is 8.00. The van der Waals surface area contributed by atoms with Gasteiger partial charge in [-0.2, -0.15) is 0 Å². The molecule has 0 atom stereocenters. The lowest BCUT2D eigenvalue weighted by Crippen LogP contribution is -2.21. The van der Waals surface area contributed by atoms with Crippen molar-refractivity contribution in [1.29, 1.82) is 0 Å². The maximum absolute atomic E-state index is 11.5. The summed E-state index contributed by atoms with van der Waals surface area (Å²) in [6, 6.07) is 6.85. The molecule has 0 aromatic heterocycles. The molecule has 0 aliphatic rings. The average molecular weight is 249 g/mol. The standard InChI is InChI=1S/C14H19NO3/c1-5-18-13(16)11-8-6-10(7-9-11)12(15-17)14(2,3)4/h6-9,17H,5H2,1-4H3/b15-12+. The number of rotatable bonds is 3. The highest BCUT2D eigenvalue weighted by Crippen LogP contribution is 2.22. The van der Waals surface area contributed by atoms with E-state index in [0.717, 1.165) is 5.56 Å². The second-order valence-electron chi connectivity index (χ2n) is 5.00. The number of oxime groups is 1. The second-order valence-corrected chi connectivity index (χ2v) is 5.00. The smallest absolute Gasteiger partial charge is 0.338 e. The van der Waals surface area contributed by atoms with Crippen LogP contribution in [0.15, 0.2) is 29.4 Å². The van der Waals surface area contributed by atoms with Crippen LogP contribution in [0.4, 0.5) is 0 Å². The number of hydrogen-bond donors (Lipinski definition) is 1. The maximum atomic E-state index is 11.5. The monoisotopic (exact) mass is 249 g/mol. The number of nitrogens with zero attached hydrogens (tertiary/aromatic N) is 1. The molecule has 0 heterocycles. The highest BCUT2D eigenvalue weighted by Gasteiger charge is 2.21. The van der Waals surface area contributed by atoms with E-state index >= 15 is 0 Å². The van der Waals surface area contributed by atoms with Gasteiger partial charge in [-0.3, -0.25) is 0 Å². The summed E-state index contributed by atoms with van der Waals surface area (Å²) < 4.78 is 4.90. The molecule has 1 rings (SSSR count). The van der Waals surface area contributed by atoms with E-state index in [2.05, 4.69) is 5.16 Å². The Hall–Kier alpha value is -1.84. The minimum Gasteiger partial charge on any atom is -0.462 e.